The predicted molar refractivity (Wildman–Crippen MR) is 280 cm³/mol. The molecule has 66 heavy (non-hydrogen) atoms. The SMILES string of the molecule is C1=CC2c3ccc4c5ccccc5n(-c5ccccc5)c4c3N(c3ccc(-c4ccc(-n5c6ccccc6c6ccc7c(c8ccccc8n7-c7ccccc7)c65)cc4)cc3)C2C=C1.CC. The predicted octanol–water partition coefficient (Wildman–Crippen LogP) is 16.4. The molecule has 4 nitrogen and oxygen atoms in total. The number of hydrogen-bond donors (Lipinski definition) is 0. The van der Waals surface area contributed by atoms with Crippen molar-refractivity contribution in [1.82, 2.24) is 13.7 Å². The zero-order chi connectivity index (χ0) is 43.9. The molecule has 4 heterocycles. The first-order valence-corrected chi connectivity index (χ1v) is 23.3. The number of fused-ring (bicyclic) bond motifs is 14. The molecule has 2 aliphatic rings. The molecule has 1 aliphatic heterocycles. The molecule has 0 saturated heterocycles. The normalized spacial score (nSPS) is 15.3. The van der Waals surface area contributed by atoms with Crippen LogP contribution in [0.1, 0.15) is 25.3 Å². The van der Waals surface area contributed by atoms with Crippen molar-refractivity contribution in [1.29, 1.82) is 0 Å². The van der Waals surface area contributed by atoms with Crippen LogP contribution >= 0.6 is 0 Å². The number of para-hydroxylation sites is 5. The van der Waals surface area contributed by atoms with Gasteiger partial charge in [-0.2, -0.15) is 0 Å². The van der Waals surface area contributed by atoms with Gasteiger partial charge in [-0.25, -0.2) is 0 Å². The fourth-order valence-electron chi connectivity index (χ4n) is 11.3. The van der Waals surface area contributed by atoms with Crippen LogP contribution in [0.25, 0.3) is 93.6 Å². The fourth-order valence-corrected chi connectivity index (χ4v) is 11.3. The van der Waals surface area contributed by atoms with Crippen LogP contribution in [0.15, 0.2) is 231 Å². The molecular formula is C62H46N4. The standard InChI is InChI=1S/C60H40N4.C2H6/c1-3-15-41(16-4-1)61-55-26-14-10-22-51(55)57-56(61)38-37-48-45-19-7-11-23-52(45)62(58(48)57)43-31-27-39(28-32-43)40-29-33-44(34-30-40)64-54-25-13-9-21-47(54)50-36-35-49-46-20-8-12-24-53(46)63(59(49)60(50)64)42-17-5-2-6-18-42;1-2/h1-38,47,54H;1-2H3. The summed E-state index contributed by atoms with van der Waals surface area (Å²) in [5.41, 5.74) is 17.0. The molecule has 0 amide bonds. The van der Waals surface area contributed by atoms with E-state index in [1.54, 1.807) is 0 Å². The van der Waals surface area contributed by atoms with E-state index in [1.165, 1.54) is 99.2 Å². The molecule has 14 rings (SSSR count). The smallest absolute Gasteiger partial charge is 0.0782 e. The highest BCUT2D eigenvalue weighted by atomic mass is 15.2. The Kier molecular flexibility index (Phi) is 8.75. The maximum absolute atomic E-state index is 2.59. The van der Waals surface area contributed by atoms with E-state index in [0.29, 0.717) is 0 Å². The number of benzene rings is 9. The number of allylic oxidation sites excluding steroid dienone is 2. The first-order valence-electron chi connectivity index (χ1n) is 23.3. The maximum Gasteiger partial charge on any atom is 0.0782 e. The van der Waals surface area contributed by atoms with Crippen LogP contribution < -0.4 is 4.90 Å². The van der Waals surface area contributed by atoms with Crippen molar-refractivity contribution in [2.45, 2.75) is 25.8 Å². The molecule has 0 fully saturated rings. The van der Waals surface area contributed by atoms with E-state index in [0.717, 1.165) is 11.4 Å². The second-order valence-corrected chi connectivity index (χ2v) is 17.2. The van der Waals surface area contributed by atoms with Crippen LogP contribution in [-0.4, -0.2) is 19.7 Å². The molecule has 4 heteroatoms. The van der Waals surface area contributed by atoms with Gasteiger partial charge in [-0.3, -0.25) is 0 Å². The van der Waals surface area contributed by atoms with Crippen molar-refractivity contribution in [2.75, 3.05) is 4.90 Å². The molecular weight excluding hydrogens is 801 g/mol. The molecule has 9 aromatic carbocycles. The van der Waals surface area contributed by atoms with E-state index in [9.17, 15) is 0 Å². The number of rotatable bonds is 5. The Morgan fingerprint density at radius 1 is 0.333 bits per heavy atom. The number of nitrogens with zero attached hydrogens (tertiary/aromatic N) is 4. The lowest BCUT2D eigenvalue weighted by Gasteiger charge is -2.29. The summed E-state index contributed by atoms with van der Waals surface area (Å²) < 4.78 is 7.36. The van der Waals surface area contributed by atoms with Gasteiger partial charge in [-0.15, -0.1) is 0 Å². The molecule has 0 N–H and O–H groups in total. The third-order valence-electron chi connectivity index (χ3n) is 13.9. The molecule has 12 aromatic rings. The summed E-state index contributed by atoms with van der Waals surface area (Å²) in [6.45, 7) is 4.00. The highest BCUT2D eigenvalue weighted by molar-refractivity contribution is 6.26. The van der Waals surface area contributed by atoms with Crippen molar-refractivity contribution in [3.05, 3.63) is 236 Å². The van der Waals surface area contributed by atoms with Gasteiger partial charge in [0, 0.05) is 61.0 Å². The average molecular weight is 847 g/mol. The van der Waals surface area contributed by atoms with E-state index in [4.69, 9.17) is 0 Å². The zero-order valence-corrected chi connectivity index (χ0v) is 36.9. The number of anilines is 2. The van der Waals surface area contributed by atoms with Gasteiger partial charge in [-0.05, 0) is 89.5 Å². The van der Waals surface area contributed by atoms with Gasteiger partial charge >= 0.3 is 0 Å². The lowest BCUT2D eigenvalue weighted by atomic mass is 9.91. The van der Waals surface area contributed by atoms with Crippen LogP contribution in [0, 0.1) is 0 Å². The third kappa shape index (κ3) is 5.51. The van der Waals surface area contributed by atoms with E-state index in [-0.39, 0.29) is 12.0 Å². The lowest BCUT2D eigenvalue weighted by molar-refractivity contribution is 0.745. The summed E-state index contributed by atoms with van der Waals surface area (Å²) in [4.78, 5) is 2.59. The van der Waals surface area contributed by atoms with Crippen LogP contribution in [0.3, 0.4) is 0 Å². The van der Waals surface area contributed by atoms with E-state index >= 15 is 0 Å². The number of aromatic nitrogens is 3. The molecule has 1 aliphatic carbocycles. The molecule has 3 aromatic heterocycles. The minimum Gasteiger partial charge on any atom is -0.332 e. The Balaban J connectivity index is 0.00000215. The summed E-state index contributed by atoms with van der Waals surface area (Å²) in [5, 5.41) is 7.58. The minimum absolute atomic E-state index is 0.178. The second-order valence-electron chi connectivity index (χ2n) is 17.2. The van der Waals surface area contributed by atoms with Crippen molar-refractivity contribution < 1.29 is 0 Å². The third-order valence-corrected chi connectivity index (χ3v) is 13.9. The van der Waals surface area contributed by atoms with Gasteiger partial charge in [0.05, 0.1) is 44.8 Å². The maximum atomic E-state index is 2.59. The molecule has 2 unspecified atom stereocenters. The van der Waals surface area contributed by atoms with Crippen LogP contribution in [0.5, 0.6) is 0 Å². The van der Waals surface area contributed by atoms with Gasteiger partial charge in [0.15, 0.2) is 0 Å². The molecule has 0 radical (unpaired) electrons. The fraction of sp³-hybridized carbons (Fsp3) is 0.0645. The van der Waals surface area contributed by atoms with E-state index in [1.807, 2.05) is 13.8 Å². The van der Waals surface area contributed by atoms with Gasteiger partial charge in [0.1, 0.15) is 0 Å². The van der Waals surface area contributed by atoms with Crippen molar-refractivity contribution in [3.63, 3.8) is 0 Å². The zero-order valence-electron chi connectivity index (χ0n) is 36.9. The first-order chi connectivity index (χ1) is 32.8. The Hall–Kier alpha value is -8.34. The van der Waals surface area contributed by atoms with Crippen molar-refractivity contribution >= 4 is 76.8 Å². The second kappa shape index (κ2) is 15.1. The Bertz CT molecular complexity index is 3880. The Morgan fingerprint density at radius 2 is 0.803 bits per heavy atom. The van der Waals surface area contributed by atoms with Crippen LogP contribution in [-0.2, 0) is 0 Å². The minimum atomic E-state index is 0.178. The first kappa shape index (κ1) is 38.1. The van der Waals surface area contributed by atoms with Crippen LogP contribution in [0.4, 0.5) is 11.4 Å². The largest absolute Gasteiger partial charge is 0.332 e. The summed E-state index contributed by atoms with van der Waals surface area (Å²) in [6.07, 6.45) is 9.18. The number of hydrogen-bond acceptors (Lipinski definition) is 1. The van der Waals surface area contributed by atoms with Gasteiger partial charge in [0.2, 0.25) is 0 Å². The summed E-state index contributed by atoms with van der Waals surface area (Å²) in [6, 6.07) is 76.0. The van der Waals surface area contributed by atoms with Crippen molar-refractivity contribution in [3.8, 4) is 28.2 Å². The topological polar surface area (TPSA) is 18.0 Å². The molecule has 0 spiro atoms. The Labute approximate surface area is 383 Å². The highest BCUT2D eigenvalue weighted by Crippen LogP contribution is 2.53. The lowest BCUT2D eigenvalue weighted by Crippen LogP contribution is -2.28. The summed E-state index contributed by atoms with van der Waals surface area (Å²) in [7, 11) is 0. The molecule has 2 atom stereocenters. The molecule has 0 bridgehead atoms. The molecule has 0 saturated carbocycles. The highest BCUT2D eigenvalue weighted by Gasteiger charge is 2.40. The average Bonchev–Trinajstić information content (AvgIpc) is 4.13. The van der Waals surface area contributed by atoms with Crippen molar-refractivity contribution in [2.24, 2.45) is 0 Å². The monoisotopic (exact) mass is 846 g/mol. The van der Waals surface area contributed by atoms with Gasteiger partial charge in [-0.1, -0.05) is 172 Å². The summed E-state index contributed by atoms with van der Waals surface area (Å²) >= 11 is 0. The van der Waals surface area contributed by atoms with Gasteiger partial charge in [0.25, 0.3) is 0 Å². The Morgan fingerprint density at radius 3 is 1.44 bits per heavy atom. The molecule has 314 valence electrons. The van der Waals surface area contributed by atoms with Crippen LogP contribution in [0.2, 0.25) is 0 Å². The van der Waals surface area contributed by atoms with Gasteiger partial charge < -0.3 is 18.6 Å². The quantitative estimate of drug-likeness (QED) is 0.169. The summed E-state index contributed by atoms with van der Waals surface area (Å²) in [5.74, 6) is 0.260. The van der Waals surface area contributed by atoms with E-state index < -0.39 is 0 Å². The van der Waals surface area contributed by atoms with E-state index in [2.05, 4.69) is 249 Å².